The second kappa shape index (κ2) is 8.77. The molecule has 0 atom stereocenters. The van der Waals surface area contributed by atoms with Crippen molar-refractivity contribution < 1.29 is 14.6 Å². The summed E-state index contributed by atoms with van der Waals surface area (Å²) in [5, 5.41) is 11.1. The topological polar surface area (TPSA) is 41.9 Å². The third kappa shape index (κ3) is 4.63. The number of rotatable bonds is 7. The van der Waals surface area contributed by atoms with Gasteiger partial charge in [-0.1, -0.05) is 48.9 Å². The standard InChI is InChI=1S/C23H31NO3/c1-4-16-27-22-19(6-5-7-21(22)26-3)17-24-14-12-23(25,13-15-24)20-10-8-18(2)9-11-20/h5-11,25H,4,12-17H2,1-3H3. The number of hydrogen-bond donors (Lipinski definition) is 1. The maximum Gasteiger partial charge on any atom is 0.165 e. The van der Waals surface area contributed by atoms with Crippen molar-refractivity contribution in [1.29, 1.82) is 0 Å². The zero-order valence-corrected chi connectivity index (χ0v) is 16.7. The number of likely N-dealkylation sites (tertiary alicyclic amines) is 1. The molecule has 0 amide bonds. The highest BCUT2D eigenvalue weighted by Gasteiger charge is 2.34. The largest absolute Gasteiger partial charge is 0.493 e. The van der Waals surface area contributed by atoms with Gasteiger partial charge in [-0.2, -0.15) is 0 Å². The summed E-state index contributed by atoms with van der Waals surface area (Å²) in [7, 11) is 1.68. The van der Waals surface area contributed by atoms with Crippen LogP contribution in [0.5, 0.6) is 11.5 Å². The van der Waals surface area contributed by atoms with Crippen LogP contribution in [0.2, 0.25) is 0 Å². The van der Waals surface area contributed by atoms with E-state index in [-0.39, 0.29) is 0 Å². The smallest absolute Gasteiger partial charge is 0.165 e. The second-order valence-electron chi connectivity index (χ2n) is 7.47. The maximum absolute atomic E-state index is 11.1. The molecule has 4 nitrogen and oxygen atoms in total. The van der Waals surface area contributed by atoms with Crippen LogP contribution in [0.1, 0.15) is 42.9 Å². The van der Waals surface area contributed by atoms with Gasteiger partial charge in [-0.25, -0.2) is 0 Å². The Morgan fingerprint density at radius 1 is 1.07 bits per heavy atom. The second-order valence-corrected chi connectivity index (χ2v) is 7.47. The van der Waals surface area contributed by atoms with Crippen LogP contribution < -0.4 is 9.47 Å². The van der Waals surface area contributed by atoms with Crippen molar-refractivity contribution in [2.75, 3.05) is 26.8 Å². The minimum absolute atomic E-state index is 0.681. The SMILES string of the molecule is CCCOc1c(CN2CCC(O)(c3ccc(C)cc3)CC2)cccc1OC. The highest BCUT2D eigenvalue weighted by molar-refractivity contribution is 5.46. The van der Waals surface area contributed by atoms with Crippen LogP contribution >= 0.6 is 0 Å². The summed E-state index contributed by atoms with van der Waals surface area (Å²) in [5.41, 5.74) is 2.67. The third-order valence-corrected chi connectivity index (χ3v) is 5.40. The van der Waals surface area contributed by atoms with E-state index in [1.54, 1.807) is 7.11 Å². The van der Waals surface area contributed by atoms with Crippen LogP contribution in [0, 0.1) is 6.92 Å². The molecule has 2 aromatic rings. The Balaban J connectivity index is 1.68. The summed E-state index contributed by atoms with van der Waals surface area (Å²) in [6.07, 6.45) is 2.45. The Bertz CT molecular complexity index is 734. The average molecular weight is 370 g/mol. The lowest BCUT2D eigenvalue weighted by Crippen LogP contribution is -2.42. The van der Waals surface area contributed by atoms with E-state index >= 15 is 0 Å². The Hall–Kier alpha value is -2.04. The Morgan fingerprint density at radius 2 is 1.78 bits per heavy atom. The summed E-state index contributed by atoms with van der Waals surface area (Å²) in [6, 6.07) is 14.3. The Morgan fingerprint density at radius 3 is 2.41 bits per heavy atom. The minimum atomic E-state index is -0.722. The highest BCUT2D eigenvalue weighted by Crippen LogP contribution is 2.36. The van der Waals surface area contributed by atoms with E-state index in [1.807, 2.05) is 12.1 Å². The van der Waals surface area contributed by atoms with E-state index in [0.717, 1.165) is 61.5 Å². The van der Waals surface area contributed by atoms with Gasteiger partial charge in [0.05, 0.1) is 19.3 Å². The summed E-state index contributed by atoms with van der Waals surface area (Å²) < 4.78 is 11.5. The number of hydrogen-bond acceptors (Lipinski definition) is 4. The van der Waals surface area contributed by atoms with Crippen molar-refractivity contribution in [3.63, 3.8) is 0 Å². The molecule has 3 rings (SSSR count). The van der Waals surface area contributed by atoms with Crippen LogP contribution in [0.15, 0.2) is 42.5 Å². The minimum Gasteiger partial charge on any atom is -0.493 e. The van der Waals surface area contributed by atoms with Crippen molar-refractivity contribution in [3.05, 3.63) is 59.2 Å². The molecule has 1 N–H and O–H groups in total. The molecule has 146 valence electrons. The monoisotopic (exact) mass is 369 g/mol. The molecule has 0 radical (unpaired) electrons. The molecule has 1 saturated heterocycles. The van der Waals surface area contributed by atoms with Gasteiger partial charge in [-0.3, -0.25) is 4.90 Å². The number of ether oxygens (including phenoxy) is 2. The number of para-hydroxylation sites is 1. The normalized spacial score (nSPS) is 16.9. The number of methoxy groups -OCH3 is 1. The molecule has 0 aliphatic carbocycles. The van der Waals surface area contributed by atoms with Crippen LogP contribution in [-0.2, 0) is 12.1 Å². The molecule has 1 heterocycles. The molecule has 2 aromatic carbocycles. The maximum atomic E-state index is 11.1. The molecule has 1 aliphatic heterocycles. The molecular weight excluding hydrogens is 338 g/mol. The summed E-state index contributed by atoms with van der Waals surface area (Å²) in [6.45, 7) is 7.37. The zero-order chi connectivity index (χ0) is 19.3. The number of aliphatic hydroxyl groups is 1. The molecule has 0 bridgehead atoms. The fourth-order valence-electron chi connectivity index (χ4n) is 3.69. The van der Waals surface area contributed by atoms with Crippen molar-refractivity contribution >= 4 is 0 Å². The molecule has 0 unspecified atom stereocenters. The van der Waals surface area contributed by atoms with E-state index < -0.39 is 5.60 Å². The Kier molecular flexibility index (Phi) is 6.40. The van der Waals surface area contributed by atoms with Crippen LogP contribution in [0.25, 0.3) is 0 Å². The van der Waals surface area contributed by atoms with E-state index in [2.05, 4.69) is 49.1 Å². The lowest BCUT2D eigenvalue weighted by molar-refractivity contribution is -0.0278. The van der Waals surface area contributed by atoms with Crippen LogP contribution in [0.3, 0.4) is 0 Å². The molecule has 27 heavy (non-hydrogen) atoms. The third-order valence-electron chi connectivity index (χ3n) is 5.40. The first kappa shape index (κ1) is 19.7. The van der Waals surface area contributed by atoms with Crippen molar-refractivity contribution in [3.8, 4) is 11.5 Å². The van der Waals surface area contributed by atoms with E-state index in [9.17, 15) is 5.11 Å². The fourth-order valence-corrected chi connectivity index (χ4v) is 3.69. The van der Waals surface area contributed by atoms with Crippen molar-refractivity contribution in [2.24, 2.45) is 0 Å². The quantitative estimate of drug-likeness (QED) is 0.791. The van der Waals surface area contributed by atoms with Gasteiger partial charge in [-0.05, 0) is 37.8 Å². The number of aryl methyl sites for hydroxylation is 1. The van der Waals surface area contributed by atoms with Crippen LogP contribution in [-0.4, -0.2) is 36.8 Å². The predicted octanol–water partition coefficient (Wildman–Crippen LogP) is 4.28. The number of piperidine rings is 1. The molecule has 1 fully saturated rings. The molecular formula is C23H31NO3. The first-order chi connectivity index (χ1) is 13.1. The van der Waals surface area contributed by atoms with Gasteiger partial charge in [0.2, 0.25) is 0 Å². The summed E-state index contributed by atoms with van der Waals surface area (Å²) in [4.78, 5) is 2.39. The molecule has 0 saturated carbocycles. The lowest BCUT2D eigenvalue weighted by atomic mass is 9.84. The molecule has 0 spiro atoms. The first-order valence-corrected chi connectivity index (χ1v) is 9.86. The van der Waals surface area contributed by atoms with E-state index in [0.29, 0.717) is 6.61 Å². The zero-order valence-electron chi connectivity index (χ0n) is 16.7. The molecule has 4 heteroatoms. The average Bonchev–Trinajstić information content (AvgIpc) is 2.69. The van der Waals surface area contributed by atoms with Gasteiger partial charge < -0.3 is 14.6 Å². The van der Waals surface area contributed by atoms with Crippen molar-refractivity contribution in [2.45, 2.75) is 45.3 Å². The van der Waals surface area contributed by atoms with Crippen molar-refractivity contribution in [1.82, 2.24) is 4.90 Å². The fraction of sp³-hybridized carbons (Fsp3) is 0.478. The number of benzene rings is 2. The highest BCUT2D eigenvalue weighted by atomic mass is 16.5. The summed E-state index contributed by atoms with van der Waals surface area (Å²) >= 11 is 0. The van der Waals surface area contributed by atoms with E-state index in [1.165, 1.54) is 5.56 Å². The van der Waals surface area contributed by atoms with Gasteiger partial charge in [0.1, 0.15) is 0 Å². The van der Waals surface area contributed by atoms with Gasteiger partial charge in [0.25, 0.3) is 0 Å². The van der Waals surface area contributed by atoms with E-state index in [4.69, 9.17) is 9.47 Å². The van der Waals surface area contributed by atoms with Gasteiger partial charge in [0.15, 0.2) is 11.5 Å². The first-order valence-electron chi connectivity index (χ1n) is 9.86. The predicted molar refractivity (Wildman–Crippen MR) is 108 cm³/mol. The Labute approximate surface area is 162 Å². The molecule has 0 aromatic heterocycles. The van der Waals surface area contributed by atoms with Crippen LogP contribution in [0.4, 0.5) is 0 Å². The van der Waals surface area contributed by atoms with Gasteiger partial charge >= 0.3 is 0 Å². The molecule has 1 aliphatic rings. The van der Waals surface area contributed by atoms with Gasteiger partial charge in [0, 0.05) is 25.2 Å². The van der Waals surface area contributed by atoms with Gasteiger partial charge in [-0.15, -0.1) is 0 Å². The number of nitrogens with zero attached hydrogens (tertiary/aromatic N) is 1. The summed E-state index contributed by atoms with van der Waals surface area (Å²) in [5.74, 6) is 1.63. The lowest BCUT2D eigenvalue weighted by Gasteiger charge is -2.38.